The molecule has 0 radical (unpaired) electrons. The molecule has 3 amide bonds. The van der Waals surface area contributed by atoms with E-state index in [1.165, 1.54) is 0 Å². The van der Waals surface area contributed by atoms with Crippen LogP contribution in [0, 0.1) is 20.8 Å². The SMILES string of the molecule is Cc1oc2cc3oc(=O)c(CC(=O)NC(CCCNC(N)=O)C(=O)O)c(C)c3cc2c1C. The van der Waals surface area contributed by atoms with Crippen LogP contribution in [0.1, 0.15) is 35.3 Å². The predicted octanol–water partition coefficient (Wildman–Crippen LogP) is 2.02. The number of hydrogen-bond donors (Lipinski definition) is 4. The van der Waals surface area contributed by atoms with Gasteiger partial charge in [-0.15, -0.1) is 0 Å². The molecule has 1 unspecified atom stereocenters. The van der Waals surface area contributed by atoms with Gasteiger partial charge in [-0.3, -0.25) is 4.79 Å². The van der Waals surface area contributed by atoms with E-state index in [9.17, 15) is 24.3 Å². The fourth-order valence-corrected chi connectivity index (χ4v) is 3.61. The summed E-state index contributed by atoms with van der Waals surface area (Å²) in [4.78, 5) is 47.2. The van der Waals surface area contributed by atoms with Crippen molar-refractivity contribution in [3.05, 3.63) is 45.0 Å². The number of amides is 3. The smallest absolute Gasteiger partial charge is 0.340 e. The van der Waals surface area contributed by atoms with Crippen molar-refractivity contribution in [3.8, 4) is 0 Å². The Bertz CT molecular complexity index is 1270. The summed E-state index contributed by atoms with van der Waals surface area (Å²) >= 11 is 0. The van der Waals surface area contributed by atoms with Gasteiger partial charge in [-0.1, -0.05) is 0 Å². The van der Waals surface area contributed by atoms with Crippen LogP contribution in [0.5, 0.6) is 0 Å². The first kappa shape index (κ1) is 22.9. The Morgan fingerprint density at radius 2 is 1.72 bits per heavy atom. The van der Waals surface area contributed by atoms with Crippen LogP contribution >= 0.6 is 0 Å². The zero-order chi connectivity index (χ0) is 23.6. The van der Waals surface area contributed by atoms with E-state index in [2.05, 4.69) is 10.6 Å². The summed E-state index contributed by atoms with van der Waals surface area (Å²) in [5.74, 6) is -1.07. The summed E-state index contributed by atoms with van der Waals surface area (Å²) < 4.78 is 11.1. The molecule has 1 aromatic carbocycles. The number of nitrogens with one attached hydrogen (secondary N) is 2. The highest BCUT2D eigenvalue weighted by molar-refractivity contribution is 5.97. The molecule has 5 N–H and O–H groups in total. The van der Waals surface area contributed by atoms with E-state index in [0.29, 0.717) is 28.5 Å². The number of urea groups is 1. The topological polar surface area (TPSA) is 165 Å². The van der Waals surface area contributed by atoms with Gasteiger partial charge in [0, 0.05) is 23.4 Å². The number of carboxylic acids is 1. The van der Waals surface area contributed by atoms with Crippen molar-refractivity contribution < 1.29 is 28.3 Å². The average Bonchev–Trinajstić information content (AvgIpc) is 2.99. The summed E-state index contributed by atoms with van der Waals surface area (Å²) in [6.45, 7) is 5.69. The van der Waals surface area contributed by atoms with Crippen LogP contribution < -0.4 is 22.0 Å². The first-order valence-electron chi connectivity index (χ1n) is 10.1. The van der Waals surface area contributed by atoms with Crippen LogP contribution in [-0.2, 0) is 16.0 Å². The quantitative estimate of drug-likeness (QED) is 0.305. The number of hydrogen-bond acceptors (Lipinski definition) is 6. The zero-order valence-electron chi connectivity index (χ0n) is 18.0. The van der Waals surface area contributed by atoms with Crippen molar-refractivity contribution in [1.29, 1.82) is 0 Å². The standard InChI is InChI=1S/C22H25N3O7/c1-10-12(3)31-17-9-18-14(7-13(10)17)11(2)15(21(29)32-18)8-19(26)25-16(20(27)28)5-4-6-24-22(23)30/h7,9,16H,4-6,8H2,1-3H3,(H,25,26)(H,27,28)(H3,23,24,30). The molecule has 3 rings (SSSR count). The molecule has 0 aliphatic heterocycles. The number of carbonyl (C=O) groups is 3. The third kappa shape index (κ3) is 4.74. The average molecular weight is 443 g/mol. The van der Waals surface area contributed by atoms with Gasteiger partial charge in [0.1, 0.15) is 23.0 Å². The number of aliphatic carboxylic acids is 1. The van der Waals surface area contributed by atoms with Crippen molar-refractivity contribution in [2.45, 2.75) is 46.1 Å². The maximum Gasteiger partial charge on any atom is 0.340 e. The minimum absolute atomic E-state index is 0.0871. The maximum atomic E-state index is 12.5. The van der Waals surface area contributed by atoms with Crippen molar-refractivity contribution in [3.63, 3.8) is 0 Å². The minimum Gasteiger partial charge on any atom is -0.480 e. The second kappa shape index (κ2) is 9.13. The molecule has 10 nitrogen and oxygen atoms in total. The van der Waals surface area contributed by atoms with Crippen LogP contribution in [0.15, 0.2) is 25.8 Å². The van der Waals surface area contributed by atoms with Crippen LogP contribution in [0.3, 0.4) is 0 Å². The summed E-state index contributed by atoms with van der Waals surface area (Å²) in [6.07, 6.45) is 0.0649. The molecule has 2 aromatic heterocycles. The van der Waals surface area contributed by atoms with E-state index in [1.807, 2.05) is 19.9 Å². The fraction of sp³-hybridized carbons (Fsp3) is 0.364. The zero-order valence-corrected chi connectivity index (χ0v) is 18.0. The Labute approximate surface area is 182 Å². The van der Waals surface area contributed by atoms with E-state index in [-0.39, 0.29) is 24.9 Å². The molecule has 0 saturated heterocycles. The van der Waals surface area contributed by atoms with E-state index in [0.717, 1.165) is 16.7 Å². The second-order valence-electron chi connectivity index (χ2n) is 7.69. The highest BCUT2D eigenvalue weighted by Gasteiger charge is 2.22. The molecule has 0 fully saturated rings. The van der Waals surface area contributed by atoms with Gasteiger partial charge in [0.15, 0.2) is 0 Å². The highest BCUT2D eigenvalue weighted by atomic mass is 16.4. The van der Waals surface area contributed by atoms with Crippen molar-refractivity contribution >= 4 is 39.8 Å². The summed E-state index contributed by atoms with van der Waals surface area (Å²) in [5, 5.41) is 15.7. The monoisotopic (exact) mass is 443 g/mol. The lowest BCUT2D eigenvalue weighted by Gasteiger charge is -2.15. The number of rotatable bonds is 8. The van der Waals surface area contributed by atoms with Gasteiger partial charge in [0.25, 0.3) is 0 Å². The van der Waals surface area contributed by atoms with Gasteiger partial charge in [0.2, 0.25) is 5.91 Å². The van der Waals surface area contributed by atoms with E-state index < -0.39 is 29.6 Å². The second-order valence-corrected chi connectivity index (χ2v) is 7.69. The van der Waals surface area contributed by atoms with Crippen LogP contribution in [0.25, 0.3) is 21.9 Å². The number of aryl methyl sites for hydroxylation is 3. The fourth-order valence-electron chi connectivity index (χ4n) is 3.61. The number of nitrogens with two attached hydrogens (primary N) is 1. The Kier molecular flexibility index (Phi) is 6.52. The molecule has 170 valence electrons. The minimum atomic E-state index is -1.21. The predicted molar refractivity (Wildman–Crippen MR) is 117 cm³/mol. The molecule has 0 saturated carbocycles. The van der Waals surface area contributed by atoms with Gasteiger partial charge in [0.05, 0.1) is 12.0 Å². The maximum absolute atomic E-state index is 12.5. The summed E-state index contributed by atoms with van der Waals surface area (Å²) in [7, 11) is 0. The molecule has 1 atom stereocenters. The molecule has 0 aliphatic rings. The molecule has 10 heteroatoms. The lowest BCUT2D eigenvalue weighted by molar-refractivity contribution is -0.141. The van der Waals surface area contributed by atoms with Crippen molar-refractivity contribution in [1.82, 2.24) is 10.6 Å². The number of benzene rings is 1. The first-order valence-corrected chi connectivity index (χ1v) is 10.1. The van der Waals surface area contributed by atoms with Crippen molar-refractivity contribution in [2.75, 3.05) is 6.54 Å². The number of carbonyl (C=O) groups excluding carboxylic acids is 2. The van der Waals surface area contributed by atoms with Crippen LogP contribution in [0.4, 0.5) is 4.79 Å². The Morgan fingerprint density at radius 1 is 1.06 bits per heavy atom. The van der Waals surface area contributed by atoms with Gasteiger partial charge in [-0.05, 0) is 50.8 Å². The Balaban J connectivity index is 1.82. The molecule has 32 heavy (non-hydrogen) atoms. The van der Waals surface area contributed by atoms with Gasteiger partial charge < -0.3 is 30.3 Å². The van der Waals surface area contributed by atoms with Crippen LogP contribution in [0.2, 0.25) is 0 Å². The third-order valence-electron chi connectivity index (χ3n) is 5.52. The van der Waals surface area contributed by atoms with E-state index in [4.69, 9.17) is 14.6 Å². The third-order valence-corrected chi connectivity index (χ3v) is 5.52. The van der Waals surface area contributed by atoms with Crippen LogP contribution in [-0.4, -0.2) is 35.6 Å². The molecule has 3 aromatic rings. The van der Waals surface area contributed by atoms with Gasteiger partial charge in [-0.25, -0.2) is 14.4 Å². The summed E-state index contributed by atoms with van der Waals surface area (Å²) in [6, 6.07) is 1.64. The molecule has 0 aliphatic carbocycles. The molecular weight excluding hydrogens is 418 g/mol. The number of fused-ring (bicyclic) bond motifs is 2. The lowest BCUT2D eigenvalue weighted by atomic mass is 10.0. The first-order chi connectivity index (χ1) is 15.1. The Hall–Kier alpha value is -3.82. The van der Waals surface area contributed by atoms with E-state index >= 15 is 0 Å². The molecular formula is C22H25N3O7. The molecule has 0 bridgehead atoms. The largest absolute Gasteiger partial charge is 0.480 e. The number of furan rings is 1. The number of carboxylic acid groups (broad SMARTS) is 1. The van der Waals surface area contributed by atoms with Gasteiger partial charge in [-0.2, -0.15) is 0 Å². The molecule has 0 spiro atoms. The summed E-state index contributed by atoms with van der Waals surface area (Å²) in [5.41, 5.74) is 6.98. The van der Waals surface area contributed by atoms with Crippen molar-refractivity contribution in [2.24, 2.45) is 5.73 Å². The van der Waals surface area contributed by atoms with E-state index in [1.54, 1.807) is 13.0 Å². The normalized spacial score (nSPS) is 12.1. The lowest BCUT2D eigenvalue weighted by Crippen LogP contribution is -2.42. The van der Waals surface area contributed by atoms with Gasteiger partial charge >= 0.3 is 17.6 Å². The highest BCUT2D eigenvalue weighted by Crippen LogP contribution is 2.31. The molecule has 2 heterocycles. The Morgan fingerprint density at radius 3 is 2.38 bits per heavy atom. The number of primary amides is 1.